The average Bonchev–Trinajstić information content (AvgIpc) is 2.87. The van der Waals surface area contributed by atoms with Crippen molar-refractivity contribution in [3.05, 3.63) is 88.0 Å². The maximum atomic E-state index is 11.0. The minimum absolute atomic E-state index is 0.0158. The molecule has 0 aliphatic carbocycles. The summed E-state index contributed by atoms with van der Waals surface area (Å²) in [5.74, 6) is 1.85. The number of hydrogen-bond acceptors (Lipinski definition) is 6. The number of nitro groups is 1. The van der Waals surface area contributed by atoms with Gasteiger partial charge < -0.3 is 24.4 Å². The van der Waals surface area contributed by atoms with Gasteiger partial charge in [0.05, 0.1) is 25.2 Å². The van der Waals surface area contributed by atoms with Crippen LogP contribution in [-0.4, -0.2) is 42.3 Å². The van der Waals surface area contributed by atoms with Crippen molar-refractivity contribution in [2.75, 3.05) is 32.7 Å². The Bertz CT molecular complexity index is 1170. The number of anilines is 1. The Morgan fingerprint density at radius 1 is 1.09 bits per heavy atom. The van der Waals surface area contributed by atoms with E-state index < -0.39 is 4.92 Å². The van der Waals surface area contributed by atoms with Crippen LogP contribution in [0.3, 0.4) is 0 Å². The molecular formula is C25H25N3O5S. The Balaban J connectivity index is 1.63. The van der Waals surface area contributed by atoms with E-state index in [0.717, 1.165) is 23.2 Å². The lowest BCUT2D eigenvalue weighted by atomic mass is 9.92. The van der Waals surface area contributed by atoms with Crippen LogP contribution in [0, 0.1) is 10.1 Å². The van der Waals surface area contributed by atoms with E-state index in [1.54, 1.807) is 26.4 Å². The molecule has 0 fully saturated rings. The highest BCUT2D eigenvalue weighted by Gasteiger charge is 2.31. The zero-order valence-electron chi connectivity index (χ0n) is 18.9. The van der Waals surface area contributed by atoms with Crippen LogP contribution in [-0.2, 0) is 6.42 Å². The molecule has 1 aliphatic rings. The fraction of sp³-hybridized carbons (Fsp3) is 0.240. The van der Waals surface area contributed by atoms with Crippen LogP contribution < -0.4 is 19.5 Å². The minimum atomic E-state index is -0.434. The van der Waals surface area contributed by atoms with Gasteiger partial charge in [0.25, 0.3) is 5.69 Å². The highest BCUT2D eigenvalue weighted by molar-refractivity contribution is 7.80. The predicted molar refractivity (Wildman–Crippen MR) is 134 cm³/mol. The Labute approximate surface area is 203 Å². The normalized spacial score (nSPS) is 14.6. The van der Waals surface area contributed by atoms with Crippen LogP contribution in [0.5, 0.6) is 17.2 Å². The summed E-state index contributed by atoms with van der Waals surface area (Å²) >= 11 is 5.78. The number of ether oxygens (including phenoxy) is 3. The third-order valence-electron chi connectivity index (χ3n) is 5.74. The zero-order valence-corrected chi connectivity index (χ0v) is 19.7. The molecule has 1 atom stereocenters. The van der Waals surface area contributed by atoms with Gasteiger partial charge in [-0.3, -0.25) is 10.1 Å². The lowest BCUT2D eigenvalue weighted by molar-refractivity contribution is -0.384. The van der Waals surface area contributed by atoms with Crippen molar-refractivity contribution in [3.63, 3.8) is 0 Å². The van der Waals surface area contributed by atoms with Gasteiger partial charge in [-0.2, -0.15) is 0 Å². The summed E-state index contributed by atoms with van der Waals surface area (Å²) < 4.78 is 17.1. The Kier molecular flexibility index (Phi) is 7.12. The molecule has 0 aromatic heterocycles. The van der Waals surface area contributed by atoms with Gasteiger partial charge in [0.1, 0.15) is 12.4 Å². The van der Waals surface area contributed by atoms with Crippen molar-refractivity contribution in [1.29, 1.82) is 0 Å². The van der Waals surface area contributed by atoms with Gasteiger partial charge in [0.15, 0.2) is 16.6 Å². The number of methoxy groups -OCH3 is 2. The van der Waals surface area contributed by atoms with Crippen LogP contribution in [0.25, 0.3) is 0 Å². The number of non-ortho nitro benzene ring substituents is 1. The molecule has 8 nitrogen and oxygen atoms in total. The topological polar surface area (TPSA) is 86.1 Å². The monoisotopic (exact) mass is 479 g/mol. The van der Waals surface area contributed by atoms with Crippen molar-refractivity contribution in [3.8, 4) is 17.2 Å². The van der Waals surface area contributed by atoms with Gasteiger partial charge in [-0.1, -0.05) is 18.2 Å². The highest BCUT2D eigenvalue weighted by atomic mass is 32.1. The smallest absolute Gasteiger partial charge is 0.269 e. The second kappa shape index (κ2) is 10.4. The third-order valence-corrected chi connectivity index (χ3v) is 6.08. The van der Waals surface area contributed by atoms with E-state index in [0.29, 0.717) is 28.9 Å². The van der Waals surface area contributed by atoms with Gasteiger partial charge in [-0.25, -0.2) is 0 Å². The van der Waals surface area contributed by atoms with E-state index >= 15 is 0 Å². The summed E-state index contributed by atoms with van der Waals surface area (Å²) in [6.07, 6.45) is 0.778. The maximum absolute atomic E-state index is 11.0. The quantitative estimate of drug-likeness (QED) is 0.288. The van der Waals surface area contributed by atoms with Crippen molar-refractivity contribution in [2.24, 2.45) is 0 Å². The molecular weight excluding hydrogens is 454 g/mol. The summed E-state index contributed by atoms with van der Waals surface area (Å²) in [4.78, 5) is 12.6. The second-order valence-electron chi connectivity index (χ2n) is 7.72. The van der Waals surface area contributed by atoms with E-state index in [1.807, 2.05) is 42.5 Å². The summed E-state index contributed by atoms with van der Waals surface area (Å²) in [5, 5.41) is 14.8. The number of nitro benzene ring substituents is 1. The van der Waals surface area contributed by atoms with Crippen LogP contribution >= 0.6 is 12.2 Å². The molecule has 3 aromatic rings. The number of nitrogens with one attached hydrogen (secondary N) is 1. The fourth-order valence-electron chi connectivity index (χ4n) is 4.01. The minimum Gasteiger partial charge on any atom is -0.493 e. The van der Waals surface area contributed by atoms with Crippen molar-refractivity contribution >= 4 is 28.7 Å². The van der Waals surface area contributed by atoms with E-state index in [-0.39, 0.29) is 18.3 Å². The van der Waals surface area contributed by atoms with Gasteiger partial charge >= 0.3 is 0 Å². The third kappa shape index (κ3) is 5.04. The van der Waals surface area contributed by atoms with Crippen LogP contribution in [0.2, 0.25) is 0 Å². The van der Waals surface area contributed by atoms with E-state index in [9.17, 15) is 10.1 Å². The first-order chi connectivity index (χ1) is 16.5. The summed E-state index contributed by atoms with van der Waals surface area (Å²) in [6, 6.07) is 19.6. The van der Waals surface area contributed by atoms with E-state index in [4.69, 9.17) is 26.4 Å². The molecule has 4 rings (SSSR count). The number of para-hydroxylation sites is 1. The van der Waals surface area contributed by atoms with Crippen LogP contribution in [0.4, 0.5) is 11.4 Å². The van der Waals surface area contributed by atoms with Gasteiger partial charge in [-0.05, 0) is 66.2 Å². The number of thiocarbonyl (C=S) groups is 1. The molecule has 34 heavy (non-hydrogen) atoms. The SMILES string of the molecule is COc1cc2c(cc1OC)C(COc1ccc([N+](=O)[O-])cc1)N(C(=S)Nc1ccccc1)CC2. The first kappa shape index (κ1) is 23.3. The molecule has 3 aromatic carbocycles. The second-order valence-corrected chi connectivity index (χ2v) is 8.11. The molecule has 1 heterocycles. The summed E-state index contributed by atoms with van der Waals surface area (Å²) in [7, 11) is 3.22. The number of nitrogens with zero attached hydrogens (tertiary/aromatic N) is 2. The van der Waals surface area contributed by atoms with E-state index in [1.165, 1.54) is 12.1 Å². The Hall–Kier alpha value is -3.85. The molecule has 0 bridgehead atoms. The molecule has 1 N–H and O–H groups in total. The van der Waals surface area contributed by atoms with E-state index in [2.05, 4.69) is 10.2 Å². The maximum Gasteiger partial charge on any atom is 0.269 e. The average molecular weight is 480 g/mol. The van der Waals surface area contributed by atoms with Crippen molar-refractivity contribution < 1.29 is 19.1 Å². The lowest BCUT2D eigenvalue weighted by Gasteiger charge is -2.39. The molecule has 1 unspecified atom stereocenters. The molecule has 0 amide bonds. The standard InChI is InChI=1S/C25H25N3O5S/c1-31-23-14-17-12-13-27(25(34)26-18-6-4-3-5-7-18)22(21(17)15-24(23)32-2)16-33-20-10-8-19(9-11-20)28(29)30/h3-11,14-15,22H,12-13,16H2,1-2H3,(H,26,34). The Morgan fingerprint density at radius 3 is 2.41 bits per heavy atom. The first-order valence-electron chi connectivity index (χ1n) is 10.7. The molecule has 0 radical (unpaired) electrons. The molecule has 0 spiro atoms. The van der Waals surface area contributed by atoms with Crippen LogP contribution in [0.1, 0.15) is 17.2 Å². The summed E-state index contributed by atoms with van der Waals surface area (Å²) in [5.41, 5.74) is 3.08. The number of fused-ring (bicyclic) bond motifs is 1. The van der Waals surface area contributed by atoms with Crippen molar-refractivity contribution in [2.45, 2.75) is 12.5 Å². The molecule has 1 aliphatic heterocycles. The molecule has 9 heteroatoms. The fourth-order valence-corrected chi connectivity index (χ4v) is 4.34. The van der Waals surface area contributed by atoms with Crippen LogP contribution in [0.15, 0.2) is 66.7 Å². The van der Waals surface area contributed by atoms with Gasteiger partial charge in [0.2, 0.25) is 0 Å². The Morgan fingerprint density at radius 2 is 1.76 bits per heavy atom. The summed E-state index contributed by atoms with van der Waals surface area (Å²) in [6.45, 7) is 0.979. The molecule has 0 saturated heterocycles. The molecule has 176 valence electrons. The number of hydrogen-bond donors (Lipinski definition) is 1. The van der Waals surface area contributed by atoms with Gasteiger partial charge in [-0.15, -0.1) is 0 Å². The van der Waals surface area contributed by atoms with Crippen molar-refractivity contribution in [1.82, 2.24) is 4.90 Å². The predicted octanol–water partition coefficient (Wildman–Crippen LogP) is 4.99. The molecule has 0 saturated carbocycles. The highest BCUT2D eigenvalue weighted by Crippen LogP contribution is 2.38. The zero-order chi connectivity index (χ0) is 24.1. The number of rotatable bonds is 7. The lowest BCUT2D eigenvalue weighted by Crippen LogP contribution is -2.44. The largest absolute Gasteiger partial charge is 0.493 e. The van der Waals surface area contributed by atoms with Gasteiger partial charge in [0, 0.05) is 24.4 Å². The first-order valence-corrected chi connectivity index (χ1v) is 11.2. The number of benzene rings is 3.